The van der Waals surface area contributed by atoms with Gasteiger partial charge in [-0.15, -0.1) is 5.10 Å². The number of anilines is 1. The molecular weight excluding hydrogens is 224 g/mol. The maximum absolute atomic E-state index is 4.25. The lowest BCUT2D eigenvalue weighted by Crippen LogP contribution is -2.27. The Morgan fingerprint density at radius 1 is 1.39 bits per heavy atom. The third kappa shape index (κ3) is 3.42. The molecule has 0 aromatic carbocycles. The summed E-state index contributed by atoms with van der Waals surface area (Å²) in [6, 6.07) is 4.64. The Morgan fingerprint density at radius 2 is 2.22 bits per heavy atom. The zero-order valence-electron chi connectivity index (χ0n) is 11.7. The summed E-state index contributed by atoms with van der Waals surface area (Å²) >= 11 is 0. The van der Waals surface area contributed by atoms with Crippen LogP contribution in [0.15, 0.2) is 12.1 Å². The fourth-order valence-corrected chi connectivity index (χ4v) is 2.41. The fraction of sp³-hybridized carbons (Fsp3) is 0.714. The van der Waals surface area contributed by atoms with Gasteiger partial charge in [0.05, 0.1) is 5.69 Å². The molecule has 2 heterocycles. The van der Waals surface area contributed by atoms with Gasteiger partial charge in [0, 0.05) is 19.1 Å². The quantitative estimate of drug-likeness (QED) is 0.869. The third-order valence-corrected chi connectivity index (χ3v) is 3.44. The molecule has 1 aliphatic rings. The molecular formula is C14H24N4. The van der Waals surface area contributed by atoms with Crippen molar-refractivity contribution in [1.82, 2.24) is 15.1 Å². The minimum absolute atomic E-state index is 0.443. The van der Waals surface area contributed by atoms with Crippen LogP contribution >= 0.6 is 0 Å². The van der Waals surface area contributed by atoms with E-state index in [2.05, 4.69) is 47.3 Å². The Hall–Kier alpha value is -1.16. The molecule has 1 unspecified atom stereocenters. The highest BCUT2D eigenvalue weighted by molar-refractivity contribution is 5.35. The van der Waals surface area contributed by atoms with Gasteiger partial charge < -0.3 is 10.2 Å². The lowest BCUT2D eigenvalue weighted by atomic mass is 10.1. The van der Waals surface area contributed by atoms with E-state index in [-0.39, 0.29) is 0 Å². The molecule has 1 N–H and O–H groups in total. The summed E-state index contributed by atoms with van der Waals surface area (Å²) in [6.45, 7) is 10.0. The normalized spacial score (nSPS) is 20.6. The van der Waals surface area contributed by atoms with Gasteiger partial charge in [-0.2, -0.15) is 5.10 Å². The Labute approximate surface area is 110 Å². The lowest BCUT2D eigenvalue weighted by Gasteiger charge is -2.16. The van der Waals surface area contributed by atoms with Crippen molar-refractivity contribution in [2.24, 2.45) is 0 Å². The van der Waals surface area contributed by atoms with Gasteiger partial charge in [0.15, 0.2) is 0 Å². The highest BCUT2D eigenvalue weighted by Gasteiger charge is 2.21. The zero-order chi connectivity index (χ0) is 13.0. The topological polar surface area (TPSA) is 41.0 Å². The second-order valence-corrected chi connectivity index (χ2v) is 5.43. The van der Waals surface area contributed by atoms with E-state index in [1.165, 1.54) is 25.9 Å². The predicted molar refractivity (Wildman–Crippen MR) is 74.9 cm³/mol. The van der Waals surface area contributed by atoms with Crippen molar-refractivity contribution in [3.63, 3.8) is 0 Å². The van der Waals surface area contributed by atoms with Crippen LogP contribution in [0.4, 0.5) is 5.82 Å². The molecule has 0 spiro atoms. The second kappa shape index (κ2) is 6.14. The van der Waals surface area contributed by atoms with Crippen LogP contribution in [0.2, 0.25) is 0 Å². The van der Waals surface area contributed by atoms with Crippen LogP contribution < -0.4 is 5.32 Å². The summed E-state index contributed by atoms with van der Waals surface area (Å²) in [6.07, 6.45) is 2.43. The Morgan fingerprint density at radius 3 is 2.83 bits per heavy atom. The van der Waals surface area contributed by atoms with E-state index >= 15 is 0 Å². The number of hydrogen-bond donors (Lipinski definition) is 1. The monoisotopic (exact) mass is 248 g/mol. The van der Waals surface area contributed by atoms with E-state index in [0.29, 0.717) is 12.0 Å². The van der Waals surface area contributed by atoms with Crippen LogP contribution in [0.3, 0.4) is 0 Å². The number of likely N-dealkylation sites (tertiary alicyclic amines) is 1. The van der Waals surface area contributed by atoms with Crippen molar-refractivity contribution in [2.45, 2.75) is 45.6 Å². The van der Waals surface area contributed by atoms with Gasteiger partial charge in [-0.1, -0.05) is 20.8 Å². The average Bonchev–Trinajstić information content (AvgIpc) is 2.78. The Kier molecular flexibility index (Phi) is 4.53. The SMILES string of the molecule is CCCN1CCC(Nc2ccc(C(C)C)nn2)C1. The first-order chi connectivity index (χ1) is 8.69. The van der Waals surface area contributed by atoms with Gasteiger partial charge >= 0.3 is 0 Å². The minimum atomic E-state index is 0.443. The maximum Gasteiger partial charge on any atom is 0.148 e. The van der Waals surface area contributed by atoms with E-state index < -0.39 is 0 Å². The summed E-state index contributed by atoms with van der Waals surface area (Å²) in [4.78, 5) is 2.51. The first-order valence-electron chi connectivity index (χ1n) is 7.01. The van der Waals surface area contributed by atoms with Crippen LogP contribution in [0.25, 0.3) is 0 Å². The summed E-state index contributed by atoms with van der Waals surface area (Å²) in [5.74, 6) is 1.35. The van der Waals surface area contributed by atoms with E-state index in [4.69, 9.17) is 0 Å². The minimum Gasteiger partial charge on any atom is -0.365 e. The summed E-state index contributed by atoms with van der Waals surface area (Å²) < 4.78 is 0. The maximum atomic E-state index is 4.25. The number of rotatable bonds is 5. The van der Waals surface area contributed by atoms with Crippen molar-refractivity contribution < 1.29 is 0 Å². The molecule has 0 bridgehead atoms. The highest BCUT2D eigenvalue weighted by atomic mass is 15.2. The molecule has 0 aliphatic carbocycles. The van der Waals surface area contributed by atoms with Crippen LogP contribution in [-0.2, 0) is 0 Å². The molecule has 1 saturated heterocycles. The zero-order valence-corrected chi connectivity index (χ0v) is 11.7. The average molecular weight is 248 g/mol. The van der Waals surface area contributed by atoms with Crippen molar-refractivity contribution >= 4 is 5.82 Å². The van der Waals surface area contributed by atoms with Crippen LogP contribution in [0, 0.1) is 0 Å². The molecule has 1 aromatic rings. The highest BCUT2D eigenvalue weighted by Crippen LogP contribution is 2.16. The standard InChI is InChI=1S/C14H24N4/c1-4-8-18-9-7-12(10-18)15-14-6-5-13(11(2)3)16-17-14/h5-6,11-12H,4,7-10H2,1-3H3,(H,15,17). The van der Waals surface area contributed by atoms with Crippen molar-refractivity contribution in [2.75, 3.05) is 25.0 Å². The Balaban J connectivity index is 1.86. The van der Waals surface area contributed by atoms with Crippen LogP contribution in [0.1, 0.15) is 45.2 Å². The van der Waals surface area contributed by atoms with E-state index in [0.717, 1.165) is 18.1 Å². The number of nitrogens with one attached hydrogen (secondary N) is 1. The molecule has 0 saturated carbocycles. The van der Waals surface area contributed by atoms with Crippen molar-refractivity contribution in [1.29, 1.82) is 0 Å². The molecule has 4 nitrogen and oxygen atoms in total. The van der Waals surface area contributed by atoms with Crippen LogP contribution in [-0.4, -0.2) is 40.8 Å². The second-order valence-electron chi connectivity index (χ2n) is 5.43. The molecule has 2 rings (SSSR count). The Bertz CT molecular complexity index is 361. The smallest absolute Gasteiger partial charge is 0.148 e. The molecule has 1 aliphatic heterocycles. The van der Waals surface area contributed by atoms with E-state index in [1.807, 2.05) is 6.07 Å². The summed E-state index contributed by atoms with van der Waals surface area (Å²) in [5, 5.41) is 12.0. The van der Waals surface area contributed by atoms with Gasteiger partial charge in [-0.3, -0.25) is 0 Å². The fourth-order valence-electron chi connectivity index (χ4n) is 2.41. The molecule has 1 aromatic heterocycles. The van der Waals surface area contributed by atoms with Gasteiger partial charge in [0.25, 0.3) is 0 Å². The molecule has 0 radical (unpaired) electrons. The third-order valence-electron chi connectivity index (χ3n) is 3.44. The van der Waals surface area contributed by atoms with Crippen LogP contribution in [0.5, 0.6) is 0 Å². The molecule has 18 heavy (non-hydrogen) atoms. The molecule has 1 atom stereocenters. The van der Waals surface area contributed by atoms with Gasteiger partial charge in [0.1, 0.15) is 5.82 Å². The van der Waals surface area contributed by atoms with Gasteiger partial charge in [-0.05, 0) is 37.4 Å². The van der Waals surface area contributed by atoms with E-state index in [9.17, 15) is 0 Å². The molecule has 4 heteroatoms. The first kappa shape index (κ1) is 13.3. The first-order valence-corrected chi connectivity index (χ1v) is 7.01. The largest absolute Gasteiger partial charge is 0.365 e. The van der Waals surface area contributed by atoms with E-state index in [1.54, 1.807) is 0 Å². The molecule has 1 fully saturated rings. The van der Waals surface area contributed by atoms with Gasteiger partial charge in [0.2, 0.25) is 0 Å². The number of aromatic nitrogens is 2. The van der Waals surface area contributed by atoms with Crippen molar-refractivity contribution in [3.05, 3.63) is 17.8 Å². The number of hydrogen-bond acceptors (Lipinski definition) is 4. The summed E-state index contributed by atoms with van der Waals surface area (Å²) in [5.41, 5.74) is 1.06. The van der Waals surface area contributed by atoms with Crippen molar-refractivity contribution in [3.8, 4) is 0 Å². The predicted octanol–water partition coefficient (Wildman–Crippen LogP) is 2.50. The number of nitrogens with zero attached hydrogens (tertiary/aromatic N) is 3. The summed E-state index contributed by atoms with van der Waals surface area (Å²) in [7, 11) is 0. The lowest BCUT2D eigenvalue weighted by molar-refractivity contribution is 0.337. The molecule has 100 valence electrons. The van der Waals surface area contributed by atoms with Gasteiger partial charge in [-0.25, -0.2) is 0 Å². The molecule has 0 amide bonds.